The normalized spacial score (nSPS) is 16.3. The molecule has 0 radical (unpaired) electrons. The number of nitrogens with two attached hydrogens (primary N) is 1. The fraction of sp³-hybridized carbons (Fsp3) is 0.462. The van der Waals surface area contributed by atoms with E-state index >= 15 is 0 Å². The summed E-state index contributed by atoms with van der Waals surface area (Å²) in [6, 6.07) is 3.80. The van der Waals surface area contributed by atoms with Gasteiger partial charge < -0.3 is 10.3 Å². The maximum Gasteiger partial charge on any atom is 0.276 e. The van der Waals surface area contributed by atoms with Crippen LogP contribution in [0.3, 0.4) is 0 Å². The highest BCUT2D eigenvalue weighted by atomic mass is 16.5. The Kier molecular flexibility index (Phi) is 3.06. The minimum absolute atomic E-state index is 0.464. The highest BCUT2D eigenvalue weighted by molar-refractivity contribution is 5.46. The van der Waals surface area contributed by atoms with Gasteiger partial charge in [-0.1, -0.05) is 24.1 Å². The van der Waals surface area contributed by atoms with Crippen molar-refractivity contribution in [3.8, 4) is 11.6 Å². The maximum atomic E-state index is 5.53. The molecule has 0 amide bonds. The van der Waals surface area contributed by atoms with Gasteiger partial charge in [0.25, 0.3) is 5.89 Å². The van der Waals surface area contributed by atoms with Gasteiger partial charge in [0.1, 0.15) is 5.69 Å². The van der Waals surface area contributed by atoms with E-state index in [4.69, 9.17) is 10.3 Å². The standard InChI is InChI=1S/C13H16N4O/c14-7-9-5-6-11(15-8-9)13-16-12(17-18-13)10-3-1-2-4-10/h5-6,8,10H,1-4,7,14H2. The molecular formula is C13H16N4O. The predicted molar refractivity (Wildman–Crippen MR) is 66.6 cm³/mol. The molecule has 0 saturated heterocycles. The molecule has 1 aliphatic carbocycles. The van der Waals surface area contributed by atoms with E-state index in [0.29, 0.717) is 24.0 Å². The lowest BCUT2D eigenvalue weighted by molar-refractivity contribution is 0.414. The van der Waals surface area contributed by atoms with Gasteiger partial charge >= 0.3 is 0 Å². The first-order chi connectivity index (χ1) is 8.86. The van der Waals surface area contributed by atoms with E-state index < -0.39 is 0 Å². The third-order valence-electron chi connectivity index (χ3n) is 3.44. The van der Waals surface area contributed by atoms with E-state index in [1.807, 2.05) is 12.1 Å². The van der Waals surface area contributed by atoms with E-state index in [0.717, 1.165) is 11.4 Å². The van der Waals surface area contributed by atoms with Crippen LogP contribution in [0.2, 0.25) is 0 Å². The number of aromatic nitrogens is 3. The van der Waals surface area contributed by atoms with Crippen LogP contribution in [0.1, 0.15) is 43.0 Å². The Bertz CT molecular complexity index is 514. The Hall–Kier alpha value is -1.75. The highest BCUT2D eigenvalue weighted by Gasteiger charge is 2.22. The molecule has 2 aromatic rings. The highest BCUT2D eigenvalue weighted by Crippen LogP contribution is 2.33. The SMILES string of the molecule is NCc1ccc(-c2nc(C3CCCC3)no2)nc1. The summed E-state index contributed by atoms with van der Waals surface area (Å²) in [6.45, 7) is 0.491. The molecule has 1 fully saturated rings. The second-order valence-electron chi connectivity index (χ2n) is 4.69. The average molecular weight is 244 g/mol. The van der Waals surface area contributed by atoms with Crippen LogP contribution in [0, 0.1) is 0 Å². The first-order valence-electron chi connectivity index (χ1n) is 6.36. The van der Waals surface area contributed by atoms with Gasteiger partial charge in [-0.05, 0) is 24.5 Å². The molecule has 1 aliphatic rings. The van der Waals surface area contributed by atoms with Crippen molar-refractivity contribution in [1.29, 1.82) is 0 Å². The van der Waals surface area contributed by atoms with Crippen molar-refractivity contribution in [2.45, 2.75) is 38.1 Å². The van der Waals surface area contributed by atoms with Gasteiger partial charge in [0.15, 0.2) is 5.82 Å². The minimum Gasteiger partial charge on any atom is -0.332 e. The molecule has 2 N–H and O–H groups in total. The van der Waals surface area contributed by atoms with Crippen LogP contribution in [-0.4, -0.2) is 15.1 Å². The van der Waals surface area contributed by atoms with E-state index in [-0.39, 0.29) is 0 Å². The lowest BCUT2D eigenvalue weighted by Crippen LogP contribution is -1.97. The minimum atomic E-state index is 0.464. The Morgan fingerprint density at radius 3 is 2.78 bits per heavy atom. The van der Waals surface area contributed by atoms with Crippen molar-refractivity contribution in [3.05, 3.63) is 29.7 Å². The van der Waals surface area contributed by atoms with Gasteiger partial charge in [0.05, 0.1) is 0 Å². The number of nitrogens with zero attached hydrogens (tertiary/aromatic N) is 3. The second-order valence-corrected chi connectivity index (χ2v) is 4.69. The van der Waals surface area contributed by atoms with Crippen molar-refractivity contribution in [2.75, 3.05) is 0 Å². The summed E-state index contributed by atoms with van der Waals surface area (Å²) >= 11 is 0. The molecular weight excluding hydrogens is 228 g/mol. The lowest BCUT2D eigenvalue weighted by atomic mass is 10.1. The van der Waals surface area contributed by atoms with Gasteiger partial charge in [-0.3, -0.25) is 4.98 Å². The summed E-state index contributed by atoms with van der Waals surface area (Å²) < 4.78 is 5.28. The summed E-state index contributed by atoms with van der Waals surface area (Å²) in [5.74, 6) is 1.79. The second kappa shape index (κ2) is 4.86. The smallest absolute Gasteiger partial charge is 0.276 e. The molecule has 5 nitrogen and oxygen atoms in total. The Morgan fingerprint density at radius 2 is 2.11 bits per heavy atom. The Morgan fingerprint density at radius 1 is 1.28 bits per heavy atom. The maximum absolute atomic E-state index is 5.53. The van der Waals surface area contributed by atoms with Crippen molar-refractivity contribution < 1.29 is 4.52 Å². The van der Waals surface area contributed by atoms with Crippen molar-refractivity contribution in [1.82, 2.24) is 15.1 Å². The number of hydrogen-bond donors (Lipinski definition) is 1. The zero-order chi connectivity index (χ0) is 12.4. The molecule has 0 aromatic carbocycles. The van der Waals surface area contributed by atoms with Crippen LogP contribution < -0.4 is 5.73 Å². The quantitative estimate of drug-likeness (QED) is 0.895. The van der Waals surface area contributed by atoms with Crippen LogP contribution >= 0.6 is 0 Å². The molecule has 1 saturated carbocycles. The van der Waals surface area contributed by atoms with E-state index in [1.165, 1.54) is 25.7 Å². The number of rotatable bonds is 3. The summed E-state index contributed by atoms with van der Waals surface area (Å²) in [5.41, 5.74) is 7.24. The molecule has 0 unspecified atom stereocenters. The summed E-state index contributed by atoms with van der Waals surface area (Å²) in [6.07, 6.45) is 6.60. The summed E-state index contributed by atoms with van der Waals surface area (Å²) in [4.78, 5) is 8.73. The van der Waals surface area contributed by atoms with Crippen LogP contribution in [0.25, 0.3) is 11.6 Å². The monoisotopic (exact) mass is 244 g/mol. The molecule has 0 aliphatic heterocycles. The topological polar surface area (TPSA) is 77.8 Å². The predicted octanol–water partition coefficient (Wildman–Crippen LogP) is 2.25. The average Bonchev–Trinajstić information content (AvgIpc) is 3.09. The Labute approximate surface area is 105 Å². The number of hydrogen-bond acceptors (Lipinski definition) is 5. The molecule has 0 bridgehead atoms. The third kappa shape index (κ3) is 2.13. The van der Waals surface area contributed by atoms with Gasteiger partial charge in [0.2, 0.25) is 0 Å². The van der Waals surface area contributed by atoms with Crippen LogP contribution in [0.15, 0.2) is 22.9 Å². The van der Waals surface area contributed by atoms with Crippen molar-refractivity contribution in [2.24, 2.45) is 5.73 Å². The molecule has 3 rings (SSSR count). The van der Waals surface area contributed by atoms with Gasteiger partial charge in [-0.15, -0.1) is 0 Å². The van der Waals surface area contributed by atoms with Crippen molar-refractivity contribution >= 4 is 0 Å². The molecule has 94 valence electrons. The molecule has 0 atom stereocenters. The zero-order valence-electron chi connectivity index (χ0n) is 10.2. The lowest BCUT2D eigenvalue weighted by Gasteiger charge is -1.99. The first kappa shape index (κ1) is 11.3. The van der Waals surface area contributed by atoms with E-state index in [2.05, 4.69) is 15.1 Å². The molecule has 2 heterocycles. The molecule has 18 heavy (non-hydrogen) atoms. The van der Waals surface area contributed by atoms with Crippen LogP contribution in [0.5, 0.6) is 0 Å². The summed E-state index contributed by atoms with van der Waals surface area (Å²) in [7, 11) is 0. The van der Waals surface area contributed by atoms with Gasteiger partial charge in [0, 0.05) is 18.7 Å². The van der Waals surface area contributed by atoms with E-state index in [1.54, 1.807) is 6.20 Å². The first-order valence-corrected chi connectivity index (χ1v) is 6.36. The molecule has 2 aromatic heterocycles. The molecule has 0 spiro atoms. The third-order valence-corrected chi connectivity index (χ3v) is 3.44. The largest absolute Gasteiger partial charge is 0.332 e. The van der Waals surface area contributed by atoms with Gasteiger partial charge in [-0.25, -0.2) is 0 Å². The number of pyridine rings is 1. The fourth-order valence-corrected chi connectivity index (χ4v) is 2.36. The molecule has 5 heteroatoms. The van der Waals surface area contributed by atoms with Crippen LogP contribution in [-0.2, 0) is 6.54 Å². The van der Waals surface area contributed by atoms with Gasteiger partial charge in [-0.2, -0.15) is 4.98 Å². The Balaban J connectivity index is 1.82. The van der Waals surface area contributed by atoms with E-state index in [9.17, 15) is 0 Å². The zero-order valence-corrected chi connectivity index (χ0v) is 10.2. The fourth-order valence-electron chi connectivity index (χ4n) is 2.36. The summed E-state index contributed by atoms with van der Waals surface area (Å²) in [5, 5.41) is 4.07. The van der Waals surface area contributed by atoms with Crippen molar-refractivity contribution in [3.63, 3.8) is 0 Å². The van der Waals surface area contributed by atoms with Crippen LogP contribution in [0.4, 0.5) is 0 Å².